The number of nitrogens with zero attached hydrogens (tertiary/aromatic N) is 2. The van der Waals surface area contributed by atoms with Crippen LogP contribution in [0.2, 0.25) is 0 Å². The summed E-state index contributed by atoms with van der Waals surface area (Å²) < 4.78 is 7.35. The maximum Gasteiger partial charge on any atom is 0.136 e. The van der Waals surface area contributed by atoms with Crippen LogP contribution in [0.5, 0.6) is 0 Å². The molecule has 1 atom stereocenters. The third-order valence-electron chi connectivity index (χ3n) is 3.34. The Balaban J connectivity index is 1.86. The number of aliphatic hydroxyl groups excluding tert-OH is 1. The maximum atomic E-state index is 10.3. The lowest BCUT2D eigenvalue weighted by Crippen LogP contribution is -2.07. The van der Waals surface area contributed by atoms with E-state index in [4.69, 9.17) is 4.42 Å². The van der Waals surface area contributed by atoms with Gasteiger partial charge in [-0.2, -0.15) is 0 Å². The lowest BCUT2D eigenvalue weighted by atomic mass is 10.0. The zero-order valence-electron chi connectivity index (χ0n) is 11.2. The molecule has 2 aromatic heterocycles. The fraction of sp³-hybridized carbons (Fsp3) is 0.188. The van der Waals surface area contributed by atoms with Crippen LogP contribution in [-0.2, 0) is 6.54 Å². The molecule has 3 aromatic rings. The number of aryl methyl sites for hydroxylation is 1. The lowest BCUT2D eigenvalue weighted by molar-refractivity contribution is 0.156. The summed E-state index contributed by atoms with van der Waals surface area (Å²) in [6, 6.07) is 9.74. The van der Waals surface area contributed by atoms with Crippen molar-refractivity contribution in [3.63, 3.8) is 0 Å². The summed E-state index contributed by atoms with van der Waals surface area (Å²) in [5.41, 5.74) is 2.94. The fourth-order valence-corrected chi connectivity index (χ4v) is 2.26. The van der Waals surface area contributed by atoms with Crippen molar-refractivity contribution in [3.8, 4) is 11.3 Å². The SMILES string of the molecule is Cc1ccoc1-c1cccc(C(O)Cn2ccnc2)c1. The summed E-state index contributed by atoms with van der Waals surface area (Å²) in [6.07, 6.45) is 6.35. The van der Waals surface area contributed by atoms with Crippen LogP contribution in [0.25, 0.3) is 11.3 Å². The van der Waals surface area contributed by atoms with Crippen molar-refractivity contribution in [1.29, 1.82) is 0 Å². The molecule has 0 radical (unpaired) electrons. The minimum absolute atomic E-state index is 0.487. The van der Waals surface area contributed by atoms with Gasteiger partial charge in [0.05, 0.1) is 25.2 Å². The van der Waals surface area contributed by atoms with Gasteiger partial charge in [-0.25, -0.2) is 4.98 Å². The second-order valence-corrected chi connectivity index (χ2v) is 4.83. The first-order chi connectivity index (χ1) is 9.74. The molecule has 20 heavy (non-hydrogen) atoms. The quantitative estimate of drug-likeness (QED) is 0.790. The van der Waals surface area contributed by atoms with Gasteiger partial charge >= 0.3 is 0 Å². The molecule has 0 saturated carbocycles. The lowest BCUT2D eigenvalue weighted by Gasteiger charge is -2.12. The van der Waals surface area contributed by atoms with Crippen LogP contribution in [0, 0.1) is 6.92 Å². The summed E-state index contributed by atoms with van der Waals surface area (Å²) in [5.74, 6) is 0.849. The number of aliphatic hydroxyl groups is 1. The van der Waals surface area contributed by atoms with Gasteiger partial charge in [-0.05, 0) is 30.2 Å². The van der Waals surface area contributed by atoms with Crippen LogP contribution in [0.1, 0.15) is 17.2 Å². The summed E-state index contributed by atoms with van der Waals surface area (Å²) in [5, 5.41) is 10.3. The van der Waals surface area contributed by atoms with Gasteiger partial charge in [0.25, 0.3) is 0 Å². The first-order valence-electron chi connectivity index (χ1n) is 6.52. The molecular weight excluding hydrogens is 252 g/mol. The van der Waals surface area contributed by atoms with Crippen molar-refractivity contribution in [1.82, 2.24) is 9.55 Å². The first kappa shape index (κ1) is 12.7. The number of imidazole rings is 1. The second kappa shape index (κ2) is 5.35. The van der Waals surface area contributed by atoms with E-state index in [1.54, 1.807) is 18.8 Å². The molecule has 1 N–H and O–H groups in total. The normalized spacial score (nSPS) is 12.5. The third-order valence-corrected chi connectivity index (χ3v) is 3.34. The van der Waals surface area contributed by atoms with E-state index < -0.39 is 6.10 Å². The smallest absolute Gasteiger partial charge is 0.136 e. The zero-order valence-corrected chi connectivity index (χ0v) is 11.2. The Bertz CT molecular complexity index is 686. The van der Waals surface area contributed by atoms with Crippen molar-refractivity contribution in [2.75, 3.05) is 0 Å². The van der Waals surface area contributed by atoms with Gasteiger partial charge < -0.3 is 14.1 Å². The van der Waals surface area contributed by atoms with Gasteiger partial charge in [-0.1, -0.05) is 18.2 Å². The average molecular weight is 268 g/mol. The number of benzene rings is 1. The van der Waals surface area contributed by atoms with Crippen LogP contribution in [-0.4, -0.2) is 14.7 Å². The predicted octanol–water partition coefficient (Wildman–Crippen LogP) is 3.19. The van der Waals surface area contributed by atoms with Crippen molar-refractivity contribution in [2.24, 2.45) is 0 Å². The van der Waals surface area contributed by atoms with E-state index in [-0.39, 0.29) is 0 Å². The van der Waals surface area contributed by atoms with Crippen LogP contribution >= 0.6 is 0 Å². The van der Waals surface area contributed by atoms with Gasteiger partial charge in [0.15, 0.2) is 0 Å². The molecule has 0 spiro atoms. The molecule has 1 unspecified atom stereocenters. The molecule has 4 heteroatoms. The summed E-state index contributed by atoms with van der Waals surface area (Å²) in [6.45, 7) is 2.49. The Hall–Kier alpha value is -2.33. The van der Waals surface area contributed by atoms with Gasteiger partial charge in [-0.15, -0.1) is 0 Å². The Morgan fingerprint density at radius 3 is 2.95 bits per heavy atom. The van der Waals surface area contributed by atoms with Crippen molar-refractivity contribution in [3.05, 3.63) is 66.4 Å². The maximum absolute atomic E-state index is 10.3. The summed E-state index contributed by atoms with van der Waals surface area (Å²) in [7, 11) is 0. The summed E-state index contributed by atoms with van der Waals surface area (Å²) >= 11 is 0. The van der Waals surface area contributed by atoms with E-state index in [0.29, 0.717) is 6.54 Å². The third kappa shape index (κ3) is 2.51. The van der Waals surface area contributed by atoms with E-state index in [9.17, 15) is 5.11 Å². The van der Waals surface area contributed by atoms with E-state index in [1.165, 1.54) is 0 Å². The van der Waals surface area contributed by atoms with Crippen molar-refractivity contribution in [2.45, 2.75) is 19.6 Å². The van der Waals surface area contributed by atoms with Gasteiger partial charge in [0.2, 0.25) is 0 Å². The fourth-order valence-electron chi connectivity index (χ4n) is 2.26. The topological polar surface area (TPSA) is 51.2 Å². The van der Waals surface area contributed by atoms with Crippen molar-refractivity contribution < 1.29 is 9.52 Å². The molecule has 4 nitrogen and oxygen atoms in total. The molecule has 0 bridgehead atoms. The van der Waals surface area contributed by atoms with E-state index in [0.717, 1.165) is 22.5 Å². The first-order valence-corrected chi connectivity index (χ1v) is 6.52. The highest BCUT2D eigenvalue weighted by molar-refractivity contribution is 5.62. The number of hydrogen-bond donors (Lipinski definition) is 1. The molecule has 0 fully saturated rings. The molecule has 3 rings (SSSR count). The molecule has 0 saturated heterocycles. The van der Waals surface area contributed by atoms with Gasteiger partial charge in [0.1, 0.15) is 5.76 Å². The van der Waals surface area contributed by atoms with E-state index in [2.05, 4.69) is 4.98 Å². The Labute approximate surface area is 117 Å². The molecule has 1 aromatic carbocycles. The Kier molecular flexibility index (Phi) is 3.39. The Morgan fingerprint density at radius 1 is 1.35 bits per heavy atom. The number of furan rings is 1. The van der Waals surface area contributed by atoms with Gasteiger partial charge in [-0.3, -0.25) is 0 Å². The molecule has 2 heterocycles. The molecular formula is C16H16N2O2. The zero-order chi connectivity index (χ0) is 13.9. The molecule has 0 amide bonds. The highest BCUT2D eigenvalue weighted by Gasteiger charge is 2.11. The minimum atomic E-state index is -0.570. The van der Waals surface area contributed by atoms with Crippen LogP contribution in [0.3, 0.4) is 0 Å². The summed E-state index contributed by atoms with van der Waals surface area (Å²) in [4.78, 5) is 3.98. The standard InChI is InChI=1S/C16H16N2O2/c1-12-5-8-20-16(12)14-4-2-3-13(9-14)15(19)10-18-7-6-17-11-18/h2-9,11,15,19H,10H2,1H3. The Morgan fingerprint density at radius 2 is 2.25 bits per heavy atom. The average Bonchev–Trinajstić information content (AvgIpc) is 3.10. The number of aromatic nitrogens is 2. The van der Waals surface area contributed by atoms with E-state index in [1.807, 2.05) is 48.0 Å². The molecule has 0 aliphatic heterocycles. The largest absolute Gasteiger partial charge is 0.464 e. The number of hydrogen-bond acceptors (Lipinski definition) is 3. The second-order valence-electron chi connectivity index (χ2n) is 4.83. The van der Waals surface area contributed by atoms with Crippen molar-refractivity contribution >= 4 is 0 Å². The van der Waals surface area contributed by atoms with Crippen LogP contribution < -0.4 is 0 Å². The molecule has 0 aliphatic rings. The minimum Gasteiger partial charge on any atom is -0.464 e. The van der Waals surface area contributed by atoms with E-state index >= 15 is 0 Å². The molecule has 0 aliphatic carbocycles. The highest BCUT2D eigenvalue weighted by Crippen LogP contribution is 2.27. The van der Waals surface area contributed by atoms with Gasteiger partial charge in [0, 0.05) is 18.0 Å². The monoisotopic (exact) mass is 268 g/mol. The predicted molar refractivity (Wildman–Crippen MR) is 76.1 cm³/mol. The van der Waals surface area contributed by atoms with Crippen LogP contribution in [0.4, 0.5) is 0 Å². The number of rotatable bonds is 4. The molecule has 102 valence electrons. The highest BCUT2D eigenvalue weighted by atomic mass is 16.3. The van der Waals surface area contributed by atoms with Crippen LogP contribution in [0.15, 0.2) is 59.7 Å².